The Morgan fingerprint density at radius 2 is 2.11 bits per heavy atom. The molecule has 0 atom stereocenters. The van der Waals surface area contributed by atoms with Crippen molar-refractivity contribution in [2.24, 2.45) is 0 Å². The quantitative estimate of drug-likeness (QED) is 0.595. The molecule has 0 amide bonds. The summed E-state index contributed by atoms with van der Waals surface area (Å²) in [6, 6.07) is 0. The molecule has 0 aliphatic heterocycles. The summed E-state index contributed by atoms with van der Waals surface area (Å²) in [5.74, 6) is 0. The standard InChI is InChI=1S/C7H13NS/c1-4-6(2)5-8-7(3)9/h5H,4H2,1-3H3,(H,8,9)/b6-5+. The van der Waals surface area contributed by atoms with Crippen LogP contribution in [0.2, 0.25) is 0 Å². The highest BCUT2D eigenvalue weighted by Crippen LogP contribution is 1.94. The highest BCUT2D eigenvalue weighted by atomic mass is 32.1. The minimum atomic E-state index is 0.822. The van der Waals surface area contributed by atoms with Crippen molar-refractivity contribution in [2.45, 2.75) is 27.2 Å². The van der Waals surface area contributed by atoms with E-state index in [1.165, 1.54) is 5.57 Å². The Labute approximate surface area is 62.1 Å². The van der Waals surface area contributed by atoms with Crippen molar-refractivity contribution < 1.29 is 0 Å². The number of nitrogens with one attached hydrogen (secondary N) is 1. The van der Waals surface area contributed by atoms with E-state index >= 15 is 0 Å². The summed E-state index contributed by atoms with van der Waals surface area (Å²) in [6.07, 6.45) is 3.03. The number of thiocarbonyl (C=S) groups is 1. The van der Waals surface area contributed by atoms with Crippen LogP contribution in [0.5, 0.6) is 0 Å². The van der Waals surface area contributed by atoms with Gasteiger partial charge in [-0.05, 0) is 20.3 Å². The minimum absolute atomic E-state index is 0.822. The van der Waals surface area contributed by atoms with E-state index < -0.39 is 0 Å². The minimum Gasteiger partial charge on any atom is -0.357 e. The molecule has 0 aliphatic rings. The van der Waals surface area contributed by atoms with E-state index in [0.717, 1.165) is 11.4 Å². The van der Waals surface area contributed by atoms with E-state index in [9.17, 15) is 0 Å². The summed E-state index contributed by atoms with van der Waals surface area (Å²) in [5.41, 5.74) is 1.32. The molecule has 0 rings (SSSR count). The smallest absolute Gasteiger partial charge is 0.0761 e. The van der Waals surface area contributed by atoms with Crippen molar-refractivity contribution in [1.82, 2.24) is 5.32 Å². The van der Waals surface area contributed by atoms with Crippen LogP contribution in [0.15, 0.2) is 11.8 Å². The molecule has 0 saturated carbocycles. The van der Waals surface area contributed by atoms with Gasteiger partial charge in [0.1, 0.15) is 0 Å². The molecule has 1 nitrogen and oxygen atoms in total. The molecule has 9 heavy (non-hydrogen) atoms. The predicted octanol–water partition coefficient (Wildman–Crippen LogP) is 2.24. The Morgan fingerprint density at radius 3 is 2.44 bits per heavy atom. The predicted molar refractivity (Wildman–Crippen MR) is 45.5 cm³/mol. The number of allylic oxidation sites excluding steroid dienone is 1. The SMILES string of the molecule is CC/C(C)=C/NC(C)=S. The Hall–Kier alpha value is -0.370. The van der Waals surface area contributed by atoms with Gasteiger partial charge in [0.25, 0.3) is 0 Å². The molecule has 0 unspecified atom stereocenters. The van der Waals surface area contributed by atoms with E-state index in [4.69, 9.17) is 12.2 Å². The topological polar surface area (TPSA) is 12.0 Å². The Balaban J connectivity index is 3.56. The molecule has 52 valence electrons. The molecule has 0 heterocycles. The van der Waals surface area contributed by atoms with Crippen LogP contribution in [0.25, 0.3) is 0 Å². The fourth-order valence-corrected chi connectivity index (χ4v) is 0.386. The number of hydrogen-bond acceptors (Lipinski definition) is 1. The van der Waals surface area contributed by atoms with Gasteiger partial charge in [0.15, 0.2) is 0 Å². The van der Waals surface area contributed by atoms with Gasteiger partial charge in [-0.3, -0.25) is 0 Å². The van der Waals surface area contributed by atoms with Crippen molar-refractivity contribution in [2.75, 3.05) is 0 Å². The van der Waals surface area contributed by atoms with Gasteiger partial charge in [0, 0.05) is 6.20 Å². The van der Waals surface area contributed by atoms with E-state index in [-0.39, 0.29) is 0 Å². The van der Waals surface area contributed by atoms with Crippen LogP contribution in [0.3, 0.4) is 0 Å². The summed E-state index contributed by atoms with van der Waals surface area (Å²) in [4.78, 5) is 0.822. The van der Waals surface area contributed by atoms with Crippen LogP contribution >= 0.6 is 12.2 Å². The molecule has 0 fully saturated rings. The average Bonchev–Trinajstić information content (AvgIpc) is 1.83. The normalized spacial score (nSPS) is 11.2. The third-order valence-electron chi connectivity index (χ3n) is 1.08. The largest absolute Gasteiger partial charge is 0.357 e. The lowest BCUT2D eigenvalue weighted by Crippen LogP contribution is -2.09. The lowest BCUT2D eigenvalue weighted by molar-refractivity contribution is 1.06. The second kappa shape index (κ2) is 4.50. The Kier molecular flexibility index (Phi) is 4.32. The first-order valence-electron chi connectivity index (χ1n) is 3.09. The third-order valence-corrected chi connectivity index (χ3v) is 1.20. The van der Waals surface area contributed by atoms with Gasteiger partial charge >= 0.3 is 0 Å². The molecular formula is C7H13NS. The molecule has 0 saturated heterocycles. The lowest BCUT2D eigenvalue weighted by Gasteiger charge is -1.96. The molecule has 1 N–H and O–H groups in total. The monoisotopic (exact) mass is 143 g/mol. The molecule has 0 spiro atoms. The first-order valence-corrected chi connectivity index (χ1v) is 3.50. The van der Waals surface area contributed by atoms with Crippen LogP contribution in [-0.2, 0) is 0 Å². The molecule has 0 aromatic rings. The molecule has 0 bridgehead atoms. The first kappa shape index (κ1) is 8.63. The first-order chi connectivity index (χ1) is 4.16. The second-order valence-electron chi connectivity index (χ2n) is 2.04. The van der Waals surface area contributed by atoms with Gasteiger partial charge in [-0.25, -0.2) is 0 Å². The van der Waals surface area contributed by atoms with Crippen molar-refractivity contribution in [3.05, 3.63) is 11.8 Å². The van der Waals surface area contributed by atoms with Crippen molar-refractivity contribution in [3.8, 4) is 0 Å². The van der Waals surface area contributed by atoms with E-state index in [1.54, 1.807) is 0 Å². The van der Waals surface area contributed by atoms with Gasteiger partial charge < -0.3 is 5.32 Å². The summed E-state index contributed by atoms with van der Waals surface area (Å²) >= 11 is 4.81. The van der Waals surface area contributed by atoms with E-state index in [0.29, 0.717) is 0 Å². The van der Waals surface area contributed by atoms with Crippen LogP contribution in [0.1, 0.15) is 27.2 Å². The third kappa shape index (κ3) is 5.50. The van der Waals surface area contributed by atoms with Gasteiger partial charge in [-0.15, -0.1) is 0 Å². The maximum atomic E-state index is 4.81. The highest BCUT2D eigenvalue weighted by Gasteiger charge is 1.82. The van der Waals surface area contributed by atoms with Crippen LogP contribution in [0, 0.1) is 0 Å². The molecule has 0 aromatic heterocycles. The maximum Gasteiger partial charge on any atom is 0.0761 e. The fourth-order valence-electron chi connectivity index (χ4n) is 0.327. The van der Waals surface area contributed by atoms with Gasteiger partial charge in [-0.1, -0.05) is 24.7 Å². The Morgan fingerprint density at radius 1 is 1.56 bits per heavy atom. The zero-order valence-electron chi connectivity index (χ0n) is 6.19. The van der Waals surface area contributed by atoms with Crippen molar-refractivity contribution in [3.63, 3.8) is 0 Å². The molecule has 0 aromatic carbocycles. The summed E-state index contributed by atoms with van der Waals surface area (Å²) in [6.45, 7) is 6.06. The molecule has 0 radical (unpaired) electrons. The van der Waals surface area contributed by atoms with E-state index in [2.05, 4.69) is 19.2 Å². The second-order valence-corrected chi connectivity index (χ2v) is 2.66. The zero-order chi connectivity index (χ0) is 7.28. The summed E-state index contributed by atoms with van der Waals surface area (Å²) in [5, 5.41) is 2.97. The fraction of sp³-hybridized carbons (Fsp3) is 0.571. The lowest BCUT2D eigenvalue weighted by atomic mass is 10.3. The van der Waals surface area contributed by atoms with Crippen molar-refractivity contribution in [1.29, 1.82) is 0 Å². The molecular weight excluding hydrogens is 130 g/mol. The maximum absolute atomic E-state index is 4.81. The van der Waals surface area contributed by atoms with E-state index in [1.807, 2.05) is 13.1 Å². The summed E-state index contributed by atoms with van der Waals surface area (Å²) < 4.78 is 0. The van der Waals surface area contributed by atoms with Crippen LogP contribution < -0.4 is 5.32 Å². The summed E-state index contributed by atoms with van der Waals surface area (Å²) in [7, 11) is 0. The molecule has 2 heteroatoms. The molecule has 0 aliphatic carbocycles. The van der Waals surface area contributed by atoms with Gasteiger partial charge in [-0.2, -0.15) is 0 Å². The highest BCUT2D eigenvalue weighted by molar-refractivity contribution is 7.80. The zero-order valence-corrected chi connectivity index (χ0v) is 7.01. The number of hydrogen-bond donors (Lipinski definition) is 1. The van der Waals surface area contributed by atoms with Crippen LogP contribution in [0.4, 0.5) is 0 Å². The van der Waals surface area contributed by atoms with Crippen LogP contribution in [-0.4, -0.2) is 4.99 Å². The average molecular weight is 143 g/mol. The van der Waals surface area contributed by atoms with Gasteiger partial charge in [0.05, 0.1) is 4.99 Å². The van der Waals surface area contributed by atoms with Crippen molar-refractivity contribution >= 4 is 17.2 Å². The van der Waals surface area contributed by atoms with Gasteiger partial charge in [0.2, 0.25) is 0 Å². The number of rotatable bonds is 2. The Bertz CT molecular complexity index is 127.